The molecule has 1 unspecified atom stereocenters. The van der Waals surface area contributed by atoms with Crippen LogP contribution in [0, 0.1) is 0 Å². The summed E-state index contributed by atoms with van der Waals surface area (Å²) < 4.78 is 36.7. The zero-order valence-corrected chi connectivity index (χ0v) is 23.9. The van der Waals surface area contributed by atoms with E-state index in [0.29, 0.717) is 46.8 Å². The van der Waals surface area contributed by atoms with Gasteiger partial charge >= 0.3 is 0 Å². The number of aliphatic hydroxyl groups excluding tert-OH is 1. The molecule has 3 saturated heterocycles. The Kier molecular flexibility index (Phi) is 7.00. The molecule has 214 valence electrons. The first-order valence-electron chi connectivity index (χ1n) is 13.6. The number of aliphatic imine (C=N–C) groups is 1. The Morgan fingerprint density at radius 3 is 2.54 bits per heavy atom. The molecule has 0 saturated carbocycles. The summed E-state index contributed by atoms with van der Waals surface area (Å²) >= 11 is 6.62. The van der Waals surface area contributed by atoms with Crippen molar-refractivity contribution < 1.29 is 23.5 Å². The fourth-order valence-corrected chi connectivity index (χ4v) is 7.42. The third-order valence-corrected chi connectivity index (χ3v) is 9.90. The van der Waals surface area contributed by atoms with E-state index >= 15 is 0 Å². The van der Waals surface area contributed by atoms with Crippen LogP contribution in [0.2, 0.25) is 5.02 Å². The van der Waals surface area contributed by atoms with E-state index in [1.807, 2.05) is 28.6 Å². The standard InChI is InChI=1S/C28H29ClN6O5S/c1-41(37,35-8-2-3-9-35)34-18-12-30-28(31-13-18)17-6-4-16(5-7-17)25-19(29)10-20-21(33-25)11-24(32-20)40-23-15-39-26-22(36)14-38-27(23)26/h4-7,10,12-13,22-23,26-27,36H,2-3,8-9,11,14-15H2,1H3/t22-,23-,26-,27-,41?/m1/s1. The van der Waals surface area contributed by atoms with E-state index < -0.39 is 16.0 Å². The minimum Gasteiger partial charge on any atom is -0.472 e. The molecule has 0 aliphatic carbocycles. The molecule has 1 aromatic carbocycles. The topological polar surface area (TPSA) is 132 Å². The van der Waals surface area contributed by atoms with E-state index in [2.05, 4.69) is 19.3 Å². The van der Waals surface area contributed by atoms with Crippen LogP contribution in [-0.2, 0) is 30.5 Å². The van der Waals surface area contributed by atoms with E-state index in [-0.39, 0.29) is 24.9 Å². The lowest BCUT2D eigenvalue weighted by atomic mass is 10.1. The maximum Gasteiger partial charge on any atom is 0.195 e. The van der Waals surface area contributed by atoms with Crippen LogP contribution in [0.3, 0.4) is 0 Å². The Morgan fingerprint density at radius 1 is 1.07 bits per heavy atom. The first-order chi connectivity index (χ1) is 19.8. The molecule has 0 radical (unpaired) electrons. The predicted molar refractivity (Wildman–Crippen MR) is 154 cm³/mol. The smallest absolute Gasteiger partial charge is 0.195 e. The monoisotopic (exact) mass is 596 g/mol. The highest BCUT2D eigenvalue weighted by atomic mass is 35.5. The van der Waals surface area contributed by atoms with E-state index in [0.717, 1.165) is 42.8 Å². The van der Waals surface area contributed by atoms with Crippen molar-refractivity contribution in [1.29, 1.82) is 0 Å². The summed E-state index contributed by atoms with van der Waals surface area (Å²) in [7, 11) is -2.48. The second-order valence-electron chi connectivity index (χ2n) is 10.6. The summed E-state index contributed by atoms with van der Waals surface area (Å²) in [4.78, 5) is 18.3. The Morgan fingerprint density at radius 2 is 1.78 bits per heavy atom. The third kappa shape index (κ3) is 5.24. The number of fused-ring (bicyclic) bond motifs is 2. The molecule has 4 aliphatic rings. The Bertz CT molecular complexity index is 1620. The molecular formula is C28H29ClN6O5S. The van der Waals surface area contributed by atoms with Crippen molar-refractivity contribution in [3.8, 4) is 22.6 Å². The molecule has 1 N–H and O–H groups in total. The van der Waals surface area contributed by atoms with Gasteiger partial charge in [0.1, 0.15) is 33.9 Å². The van der Waals surface area contributed by atoms with Crippen LogP contribution in [0.5, 0.6) is 0 Å². The molecule has 3 fully saturated rings. The van der Waals surface area contributed by atoms with Crippen LogP contribution in [0.25, 0.3) is 22.6 Å². The van der Waals surface area contributed by atoms with Gasteiger partial charge in [0.05, 0.1) is 54.1 Å². The van der Waals surface area contributed by atoms with Crippen LogP contribution in [0.15, 0.2) is 52.1 Å². The number of aliphatic hydroxyl groups is 1. The van der Waals surface area contributed by atoms with Crippen molar-refractivity contribution >= 4 is 38.8 Å². The average molecular weight is 597 g/mol. The second-order valence-corrected chi connectivity index (χ2v) is 13.2. The molecule has 0 bridgehead atoms. The SMILES string of the molecule is CS(=O)(=Nc1cnc(-c2ccc(-c3nc4c(cc3Cl)N=C(O[C@@H]3CO[C@H]5[C@@H]3OC[C@H]5O)C4)cc2)nc1)N1CCCC1. The highest BCUT2D eigenvalue weighted by Gasteiger charge is 2.49. The third-order valence-electron chi connectivity index (χ3n) is 7.74. The molecule has 5 atom stereocenters. The molecule has 0 spiro atoms. The molecule has 6 heterocycles. The number of benzene rings is 1. The fourth-order valence-electron chi connectivity index (χ4n) is 5.63. The molecule has 13 heteroatoms. The lowest BCUT2D eigenvalue weighted by Gasteiger charge is -2.17. The zero-order chi connectivity index (χ0) is 28.1. The highest BCUT2D eigenvalue weighted by Crippen LogP contribution is 2.37. The summed E-state index contributed by atoms with van der Waals surface area (Å²) in [6.07, 6.45) is 5.77. The van der Waals surface area contributed by atoms with E-state index in [9.17, 15) is 9.32 Å². The first-order valence-corrected chi connectivity index (χ1v) is 15.8. The van der Waals surface area contributed by atoms with E-state index in [4.69, 9.17) is 30.8 Å². The number of rotatable bonds is 5. The summed E-state index contributed by atoms with van der Waals surface area (Å²) in [6.45, 7) is 2.18. The van der Waals surface area contributed by atoms with Crippen molar-refractivity contribution in [2.45, 2.75) is 43.7 Å². The van der Waals surface area contributed by atoms with Gasteiger partial charge in [0.15, 0.2) is 17.8 Å². The maximum atomic E-state index is 13.0. The van der Waals surface area contributed by atoms with Gasteiger partial charge in [0.2, 0.25) is 0 Å². The van der Waals surface area contributed by atoms with Gasteiger partial charge in [0.25, 0.3) is 0 Å². The van der Waals surface area contributed by atoms with Crippen molar-refractivity contribution in [1.82, 2.24) is 19.3 Å². The summed E-state index contributed by atoms with van der Waals surface area (Å²) in [5, 5.41) is 10.5. The van der Waals surface area contributed by atoms with Crippen molar-refractivity contribution in [3.63, 3.8) is 0 Å². The van der Waals surface area contributed by atoms with Gasteiger partial charge in [-0.1, -0.05) is 35.9 Å². The number of ether oxygens (including phenoxy) is 3. The van der Waals surface area contributed by atoms with Gasteiger partial charge < -0.3 is 19.3 Å². The summed E-state index contributed by atoms with van der Waals surface area (Å²) in [6, 6.07) is 9.48. The number of nitrogens with zero attached hydrogens (tertiary/aromatic N) is 6. The quantitative estimate of drug-likeness (QED) is 0.471. The van der Waals surface area contributed by atoms with Gasteiger partial charge in [-0.15, -0.1) is 0 Å². The molecule has 7 rings (SSSR count). The zero-order valence-electron chi connectivity index (χ0n) is 22.4. The van der Waals surface area contributed by atoms with E-state index in [1.165, 1.54) is 0 Å². The summed E-state index contributed by atoms with van der Waals surface area (Å²) in [5.74, 6) is 1.07. The largest absolute Gasteiger partial charge is 0.472 e. The van der Waals surface area contributed by atoms with Gasteiger partial charge in [0, 0.05) is 30.5 Å². The van der Waals surface area contributed by atoms with Gasteiger partial charge in [-0.05, 0) is 18.9 Å². The maximum absolute atomic E-state index is 13.0. The fraction of sp³-hybridized carbons (Fsp3) is 0.429. The number of aromatic nitrogens is 3. The molecule has 11 nitrogen and oxygen atoms in total. The molecule has 2 aromatic heterocycles. The normalized spacial score (nSPS) is 26.9. The number of hydrogen-bond donors (Lipinski definition) is 1. The number of halogens is 1. The summed E-state index contributed by atoms with van der Waals surface area (Å²) in [5.41, 5.74) is 4.26. The van der Waals surface area contributed by atoms with Gasteiger partial charge in [-0.3, -0.25) is 0 Å². The number of hydrogen-bond acceptors (Lipinski definition) is 10. The molecule has 4 aliphatic heterocycles. The first kappa shape index (κ1) is 26.9. The molecule has 41 heavy (non-hydrogen) atoms. The Hall–Kier alpha value is -3.00. The van der Waals surface area contributed by atoms with Crippen LogP contribution in [0.4, 0.5) is 11.4 Å². The average Bonchev–Trinajstić information content (AvgIpc) is 3.76. The van der Waals surface area contributed by atoms with E-state index in [1.54, 1.807) is 24.7 Å². The molecule has 0 amide bonds. The number of pyridine rings is 1. The lowest BCUT2D eigenvalue weighted by molar-refractivity contribution is 0.00558. The highest BCUT2D eigenvalue weighted by molar-refractivity contribution is 7.90. The Labute approximate surface area is 242 Å². The van der Waals surface area contributed by atoms with Gasteiger partial charge in [-0.2, -0.15) is 4.36 Å². The van der Waals surface area contributed by atoms with Crippen LogP contribution < -0.4 is 0 Å². The van der Waals surface area contributed by atoms with Crippen LogP contribution in [0.1, 0.15) is 18.5 Å². The molecular weight excluding hydrogens is 568 g/mol. The van der Waals surface area contributed by atoms with Crippen molar-refractivity contribution in [3.05, 3.63) is 53.4 Å². The second kappa shape index (κ2) is 10.7. The van der Waals surface area contributed by atoms with Crippen LogP contribution >= 0.6 is 11.6 Å². The van der Waals surface area contributed by atoms with Crippen LogP contribution in [-0.4, -0.2) is 91.4 Å². The van der Waals surface area contributed by atoms with Crippen molar-refractivity contribution in [2.24, 2.45) is 9.36 Å². The Balaban J connectivity index is 1.04. The predicted octanol–water partition coefficient (Wildman–Crippen LogP) is 3.73. The minimum atomic E-state index is -2.48. The van der Waals surface area contributed by atoms with Crippen molar-refractivity contribution in [2.75, 3.05) is 32.6 Å². The van der Waals surface area contributed by atoms with Gasteiger partial charge in [-0.25, -0.2) is 28.5 Å². The molecule has 3 aromatic rings. The lowest BCUT2D eigenvalue weighted by Crippen LogP contribution is -2.34. The minimum absolute atomic E-state index is 0.245.